The number of halogens is 2. The van der Waals surface area contributed by atoms with Gasteiger partial charge >= 0.3 is 0 Å². The lowest BCUT2D eigenvalue weighted by Crippen LogP contribution is -2.52. The Morgan fingerprint density at radius 1 is 1.28 bits per heavy atom. The molecule has 1 saturated carbocycles. The fourth-order valence-corrected chi connectivity index (χ4v) is 5.07. The van der Waals surface area contributed by atoms with E-state index in [0.717, 1.165) is 30.4 Å². The zero-order valence-electron chi connectivity index (χ0n) is 21.5. The number of amides is 1. The normalized spacial score (nSPS) is 21.0. The molecule has 2 heterocycles. The molecule has 1 amide bonds. The Hall–Kier alpha value is -2.58. The Labute approximate surface area is 211 Å². The number of pyridine rings is 1. The van der Waals surface area contributed by atoms with Crippen LogP contribution in [0.3, 0.4) is 0 Å². The molecule has 1 aliphatic carbocycles. The lowest BCUT2D eigenvalue weighted by atomic mass is 9.73. The number of carbonyl (C=O) groups is 1. The van der Waals surface area contributed by atoms with Gasteiger partial charge in [0, 0.05) is 43.3 Å². The summed E-state index contributed by atoms with van der Waals surface area (Å²) in [5.41, 5.74) is 1.26. The van der Waals surface area contributed by atoms with Crippen molar-refractivity contribution in [2.45, 2.75) is 89.8 Å². The number of aromatic nitrogens is 1. The molecule has 0 saturated heterocycles. The Bertz CT molecular complexity index is 1070. The van der Waals surface area contributed by atoms with Gasteiger partial charge in [-0.05, 0) is 54.9 Å². The number of carbonyl (C=O) groups excluding carboxylic acids is 1. The number of nitrogens with zero attached hydrogens (tertiary/aromatic N) is 1. The number of hydrogen-bond acceptors (Lipinski definition) is 5. The highest BCUT2D eigenvalue weighted by atomic mass is 19.1. The van der Waals surface area contributed by atoms with Crippen molar-refractivity contribution < 1.29 is 23.4 Å². The van der Waals surface area contributed by atoms with Gasteiger partial charge in [0.1, 0.15) is 17.6 Å². The number of aliphatic hydroxyl groups is 1. The van der Waals surface area contributed by atoms with E-state index in [-0.39, 0.29) is 29.9 Å². The molecule has 6 nitrogen and oxygen atoms in total. The van der Waals surface area contributed by atoms with E-state index in [9.17, 15) is 14.3 Å². The van der Waals surface area contributed by atoms with Crippen molar-refractivity contribution in [2.24, 2.45) is 5.41 Å². The lowest BCUT2D eigenvalue weighted by Gasteiger charge is -2.47. The summed E-state index contributed by atoms with van der Waals surface area (Å²) in [6, 6.07) is 7.12. The maximum atomic E-state index is 15.1. The van der Waals surface area contributed by atoms with Gasteiger partial charge in [-0.2, -0.15) is 0 Å². The highest BCUT2D eigenvalue weighted by Gasteiger charge is 2.46. The maximum absolute atomic E-state index is 15.1. The first-order valence-electron chi connectivity index (χ1n) is 12.7. The van der Waals surface area contributed by atoms with Crippen LogP contribution in [0.15, 0.2) is 36.5 Å². The van der Waals surface area contributed by atoms with Crippen LogP contribution in [0.25, 0.3) is 0 Å². The van der Waals surface area contributed by atoms with Gasteiger partial charge in [-0.1, -0.05) is 32.9 Å². The fourth-order valence-electron chi connectivity index (χ4n) is 5.07. The number of nitrogens with one attached hydrogen (secondary N) is 2. The van der Waals surface area contributed by atoms with Crippen LogP contribution in [0.1, 0.15) is 82.3 Å². The van der Waals surface area contributed by atoms with Gasteiger partial charge in [-0.15, -0.1) is 0 Å². The van der Waals surface area contributed by atoms with E-state index in [1.807, 2.05) is 26.8 Å². The largest absolute Gasteiger partial charge is 0.471 e. The van der Waals surface area contributed by atoms with Gasteiger partial charge in [0.15, 0.2) is 0 Å². The SMILES string of the molecule is CC(=O)N[C@@H](Cc1ccc(F)cc1)[C@H](O)CN[C@H]1CC2(CCC2)Oc2ncc([C@@H](F)C(C)(C)C)cc21. The Balaban J connectivity index is 1.52. The van der Waals surface area contributed by atoms with Crippen molar-refractivity contribution in [3.05, 3.63) is 59.0 Å². The van der Waals surface area contributed by atoms with Gasteiger partial charge in [0.25, 0.3) is 0 Å². The second-order valence-electron chi connectivity index (χ2n) is 11.4. The molecular formula is C28H37F2N3O3. The molecule has 8 heteroatoms. The monoisotopic (exact) mass is 501 g/mol. The first-order chi connectivity index (χ1) is 17.0. The van der Waals surface area contributed by atoms with Crippen molar-refractivity contribution in [1.82, 2.24) is 15.6 Å². The average Bonchev–Trinajstić information content (AvgIpc) is 2.80. The zero-order chi connectivity index (χ0) is 26.1. The fraction of sp³-hybridized carbons (Fsp3) is 0.571. The van der Waals surface area contributed by atoms with Gasteiger partial charge in [-0.3, -0.25) is 4.79 Å². The summed E-state index contributed by atoms with van der Waals surface area (Å²) in [4.78, 5) is 16.3. The van der Waals surface area contributed by atoms with Crippen molar-refractivity contribution in [3.63, 3.8) is 0 Å². The quantitative estimate of drug-likeness (QED) is 0.488. The second-order valence-corrected chi connectivity index (χ2v) is 11.4. The summed E-state index contributed by atoms with van der Waals surface area (Å²) in [7, 11) is 0. The Morgan fingerprint density at radius 3 is 2.56 bits per heavy atom. The number of benzene rings is 1. The first kappa shape index (κ1) is 26.5. The van der Waals surface area contributed by atoms with E-state index in [1.165, 1.54) is 19.1 Å². The molecule has 1 spiro atoms. The number of fused-ring (bicyclic) bond motifs is 1. The molecule has 4 rings (SSSR count). The molecule has 3 N–H and O–H groups in total. The van der Waals surface area contributed by atoms with E-state index in [0.29, 0.717) is 24.3 Å². The van der Waals surface area contributed by atoms with E-state index >= 15 is 4.39 Å². The van der Waals surface area contributed by atoms with Crippen LogP contribution in [-0.2, 0) is 11.2 Å². The Morgan fingerprint density at radius 2 is 1.97 bits per heavy atom. The van der Waals surface area contributed by atoms with Gasteiger partial charge in [-0.25, -0.2) is 13.8 Å². The molecule has 2 aromatic rings. The van der Waals surface area contributed by atoms with Crippen LogP contribution >= 0.6 is 0 Å². The van der Waals surface area contributed by atoms with E-state index in [2.05, 4.69) is 15.6 Å². The molecule has 0 unspecified atom stereocenters. The van der Waals surface area contributed by atoms with Crippen LogP contribution in [-0.4, -0.2) is 40.3 Å². The molecule has 0 radical (unpaired) electrons. The van der Waals surface area contributed by atoms with Crippen LogP contribution in [0.5, 0.6) is 5.88 Å². The Kier molecular flexibility index (Phi) is 7.67. The number of ether oxygens (including phenoxy) is 1. The summed E-state index contributed by atoms with van der Waals surface area (Å²) in [6.07, 6.45) is 3.50. The van der Waals surface area contributed by atoms with Crippen molar-refractivity contribution >= 4 is 5.91 Å². The summed E-state index contributed by atoms with van der Waals surface area (Å²) >= 11 is 0. The van der Waals surface area contributed by atoms with Crippen molar-refractivity contribution in [2.75, 3.05) is 6.54 Å². The molecule has 0 bridgehead atoms. The minimum absolute atomic E-state index is 0.174. The van der Waals surface area contributed by atoms with Crippen LogP contribution in [0, 0.1) is 11.2 Å². The molecule has 1 aliphatic heterocycles. The van der Waals surface area contributed by atoms with Crippen LogP contribution < -0.4 is 15.4 Å². The smallest absolute Gasteiger partial charge is 0.218 e. The summed E-state index contributed by atoms with van der Waals surface area (Å²) in [6.45, 7) is 7.17. The zero-order valence-corrected chi connectivity index (χ0v) is 21.5. The first-order valence-corrected chi connectivity index (χ1v) is 12.7. The minimum atomic E-state index is -1.18. The van der Waals surface area contributed by atoms with Gasteiger partial charge in [0.2, 0.25) is 11.8 Å². The molecule has 36 heavy (non-hydrogen) atoms. The van der Waals surface area contributed by atoms with Gasteiger partial charge in [0.05, 0.1) is 12.1 Å². The van der Waals surface area contributed by atoms with Crippen LogP contribution in [0.4, 0.5) is 8.78 Å². The van der Waals surface area contributed by atoms with Crippen molar-refractivity contribution in [3.8, 4) is 5.88 Å². The molecule has 196 valence electrons. The molecular weight excluding hydrogens is 464 g/mol. The standard InChI is InChI=1S/C28H37F2N3O3/c1-17(34)33-22(12-18-6-8-20(29)9-7-18)24(35)16-31-23-14-28(10-5-11-28)36-26-21(23)13-19(15-32-26)25(30)27(2,3)4/h6-9,13,15,22-25,31,35H,5,10-12,14,16H2,1-4H3,(H,33,34)/t22-,23-,24+,25+/m0/s1. The predicted molar refractivity (Wildman–Crippen MR) is 134 cm³/mol. The summed E-state index contributed by atoms with van der Waals surface area (Å²) in [5.74, 6) is -0.0753. The van der Waals surface area contributed by atoms with E-state index < -0.39 is 23.7 Å². The number of aliphatic hydroxyl groups excluding tert-OH is 1. The topological polar surface area (TPSA) is 83.5 Å². The third-order valence-electron chi connectivity index (χ3n) is 7.28. The highest BCUT2D eigenvalue weighted by molar-refractivity contribution is 5.73. The van der Waals surface area contributed by atoms with Crippen molar-refractivity contribution in [1.29, 1.82) is 0 Å². The van der Waals surface area contributed by atoms with E-state index in [1.54, 1.807) is 18.3 Å². The molecule has 1 aromatic carbocycles. The second kappa shape index (κ2) is 10.4. The number of alkyl halides is 1. The molecule has 1 aromatic heterocycles. The van der Waals surface area contributed by atoms with E-state index in [4.69, 9.17) is 4.74 Å². The molecule has 4 atom stereocenters. The third-order valence-corrected chi connectivity index (χ3v) is 7.28. The van der Waals surface area contributed by atoms with Gasteiger partial charge < -0.3 is 20.5 Å². The lowest BCUT2D eigenvalue weighted by molar-refractivity contribution is -0.120. The molecule has 1 fully saturated rings. The number of rotatable bonds is 8. The third kappa shape index (κ3) is 6.03. The minimum Gasteiger partial charge on any atom is -0.471 e. The highest BCUT2D eigenvalue weighted by Crippen LogP contribution is 2.49. The van der Waals surface area contributed by atoms with Crippen LogP contribution in [0.2, 0.25) is 0 Å². The summed E-state index contributed by atoms with van der Waals surface area (Å²) in [5, 5.41) is 17.3. The summed E-state index contributed by atoms with van der Waals surface area (Å²) < 4.78 is 34.7. The average molecular weight is 502 g/mol. The maximum Gasteiger partial charge on any atom is 0.218 e. The predicted octanol–water partition coefficient (Wildman–Crippen LogP) is 4.72. The molecule has 2 aliphatic rings. The number of hydrogen-bond donors (Lipinski definition) is 3.